The summed E-state index contributed by atoms with van der Waals surface area (Å²) >= 11 is 0. The van der Waals surface area contributed by atoms with Crippen molar-refractivity contribution in [2.24, 2.45) is 0 Å². The Morgan fingerprint density at radius 3 is 2.65 bits per heavy atom. The molecule has 5 nitrogen and oxygen atoms in total. The van der Waals surface area contributed by atoms with Gasteiger partial charge in [-0.1, -0.05) is 13.8 Å². The summed E-state index contributed by atoms with van der Waals surface area (Å²) in [5.74, 6) is 0.00550. The molecule has 1 aliphatic heterocycles. The maximum Gasteiger partial charge on any atom is 0.235 e. The Hall–Kier alpha value is -1.91. The Bertz CT molecular complexity index is 552. The average Bonchev–Trinajstić information content (AvgIpc) is 2.39. The van der Waals surface area contributed by atoms with E-state index in [2.05, 4.69) is 24.1 Å². The predicted octanol–water partition coefficient (Wildman–Crippen LogP) is 2.04. The van der Waals surface area contributed by atoms with Crippen molar-refractivity contribution in [3.63, 3.8) is 0 Å². The number of nitrogens with zero attached hydrogens (tertiary/aromatic N) is 1. The molecule has 108 valence electrons. The largest absolute Gasteiger partial charge is 0.481 e. The fourth-order valence-electron chi connectivity index (χ4n) is 2.52. The molecule has 0 saturated carbocycles. The third-order valence-corrected chi connectivity index (χ3v) is 3.63. The van der Waals surface area contributed by atoms with Crippen molar-refractivity contribution >= 4 is 11.8 Å². The standard InChI is InChI=1S/C15H20N2O3/c1-8(2)11-7-9(3)13(17-15(11)20-4)10-5-6-12(18)16-14(10)19/h7-8,10H,5-6H2,1-4H3,(H,16,18,19)/t10-/m0/s1. The Morgan fingerprint density at radius 1 is 1.40 bits per heavy atom. The second-order valence-corrected chi connectivity index (χ2v) is 5.45. The zero-order valence-corrected chi connectivity index (χ0v) is 12.3. The van der Waals surface area contributed by atoms with E-state index in [4.69, 9.17) is 4.74 Å². The highest BCUT2D eigenvalue weighted by atomic mass is 16.5. The van der Waals surface area contributed by atoms with Gasteiger partial charge in [0.15, 0.2) is 0 Å². The van der Waals surface area contributed by atoms with Gasteiger partial charge in [0, 0.05) is 12.0 Å². The molecule has 5 heteroatoms. The van der Waals surface area contributed by atoms with Crippen molar-refractivity contribution < 1.29 is 14.3 Å². The number of aromatic nitrogens is 1. The van der Waals surface area contributed by atoms with Crippen LogP contribution in [0.5, 0.6) is 5.88 Å². The van der Waals surface area contributed by atoms with Crippen LogP contribution in [0.1, 0.15) is 55.3 Å². The monoisotopic (exact) mass is 276 g/mol. The lowest BCUT2D eigenvalue weighted by atomic mass is 9.90. The van der Waals surface area contributed by atoms with Gasteiger partial charge in [-0.15, -0.1) is 0 Å². The van der Waals surface area contributed by atoms with E-state index >= 15 is 0 Å². The quantitative estimate of drug-likeness (QED) is 0.858. The summed E-state index contributed by atoms with van der Waals surface area (Å²) in [4.78, 5) is 27.7. The molecule has 0 unspecified atom stereocenters. The molecular weight excluding hydrogens is 256 g/mol. The van der Waals surface area contributed by atoms with E-state index in [-0.39, 0.29) is 17.7 Å². The molecule has 1 fully saturated rings. The van der Waals surface area contributed by atoms with Crippen LogP contribution in [-0.4, -0.2) is 23.9 Å². The first kappa shape index (κ1) is 14.5. The molecule has 1 aromatic heterocycles. The molecule has 20 heavy (non-hydrogen) atoms. The SMILES string of the molecule is COc1nc([C@@H]2CCC(=O)NC2=O)c(C)cc1C(C)C. The summed E-state index contributed by atoms with van der Waals surface area (Å²) < 4.78 is 5.34. The number of rotatable bonds is 3. The Morgan fingerprint density at radius 2 is 2.10 bits per heavy atom. The van der Waals surface area contributed by atoms with Crippen molar-refractivity contribution in [3.8, 4) is 5.88 Å². The van der Waals surface area contributed by atoms with Gasteiger partial charge in [-0.2, -0.15) is 0 Å². The van der Waals surface area contributed by atoms with Gasteiger partial charge in [0.25, 0.3) is 0 Å². The van der Waals surface area contributed by atoms with Gasteiger partial charge in [-0.25, -0.2) is 4.98 Å². The number of imide groups is 1. The summed E-state index contributed by atoms with van der Waals surface area (Å²) in [6, 6.07) is 2.02. The summed E-state index contributed by atoms with van der Waals surface area (Å²) in [7, 11) is 1.58. The van der Waals surface area contributed by atoms with Crippen molar-refractivity contribution in [3.05, 3.63) is 22.9 Å². The van der Waals surface area contributed by atoms with E-state index in [1.807, 2.05) is 13.0 Å². The summed E-state index contributed by atoms with van der Waals surface area (Å²) in [6.45, 7) is 6.09. The second kappa shape index (κ2) is 5.61. The number of nitrogens with one attached hydrogen (secondary N) is 1. The minimum Gasteiger partial charge on any atom is -0.481 e. The number of aryl methyl sites for hydroxylation is 1. The fraction of sp³-hybridized carbons (Fsp3) is 0.533. The maximum absolute atomic E-state index is 12.0. The lowest BCUT2D eigenvalue weighted by Crippen LogP contribution is -2.40. The van der Waals surface area contributed by atoms with Crippen LogP contribution >= 0.6 is 0 Å². The van der Waals surface area contributed by atoms with Crippen LogP contribution in [-0.2, 0) is 9.59 Å². The predicted molar refractivity (Wildman–Crippen MR) is 74.7 cm³/mol. The highest BCUT2D eigenvalue weighted by molar-refractivity contribution is 6.00. The molecule has 2 amide bonds. The van der Waals surface area contributed by atoms with Gasteiger partial charge < -0.3 is 4.74 Å². The Labute approximate surface area is 118 Å². The van der Waals surface area contributed by atoms with Gasteiger partial charge in [0.1, 0.15) is 0 Å². The first-order chi connectivity index (χ1) is 9.43. The third-order valence-electron chi connectivity index (χ3n) is 3.63. The van der Waals surface area contributed by atoms with Crippen LogP contribution in [0.25, 0.3) is 0 Å². The molecule has 0 spiro atoms. The minimum atomic E-state index is -0.372. The normalized spacial score (nSPS) is 19.1. The van der Waals surface area contributed by atoms with E-state index in [0.29, 0.717) is 30.3 Å². The molecule has 1 N–H and O–H groups in total. The lowest BCUT2D eigenvalue weighted by molar-refractivity contribution is -0.134. The summed E-state index contributed by atoms with van der Waals surface area (Å²) in [5, 5.41) is 2.37. The zero-order chi connectivity index (χ0) is 14.9. The van der Waals surface area contributed by atoms with E-state index in [1.165, 1.54) is 0 Å². The topological polar surface area (TPSA) is 68.3 Å². The van der Waals surface area contributed by atoms with Gasteiger partial charge in [0.05, 0.1) is 18.7 Å². The van der Waals surface area contributed by atoms with E-state index < -0.39 is 0 Å². The van der Waals surface area contributed by atoms with E-state index in [0.717, 1.165) is 11.1 Å². The van der Waals surface area contributed by atoms with Crippen molar-refractivity contribution in [2.75, 3.05) is 7.11 Å². The number of ether oxygens (including phenoxy) is 1. The van der Waals surface area contributed by atoms with Gasteiger partial charge in [-0.05, 0) is 30.9 Å². The number of pyridine rings is 1. The smallest absolute Gasteiger partial charge is 0.235 e. The molecule has 1 atom stereocenters. The highest BCUT2D eigenvalue weighted by Gasteiger charge is 2.31. The molecule has 1 aliphatic rings. The molecule has 1 saturated heterocycles. The average molecular weight is 276 g/mol. The molecule has 2 heterocycles. The summed E-state index contributed by atoms with van der Waals surface area (Å²) in [5.41, 5.74) is 2.70. The van der Waals surface area contributed by atoms with Crippen molar-refractivity contribution in [1.82, 2.24) is 10.3 Å². The van der Waals surface area contributed by atoms with Crippen LogP contribution in [0.2, 0.25) is 0 Å². The van der Waals surface area contributed by atoms with Crippen LogP contribution < -0.4 is 10.1 Å². The van der Waals surface area contributed by atoms with Gasteiger partial charge in [0.2, 0.25) is 17.7 Å². The molecule has 1 aromatic rings. The number of carbonyl (C=O) groups is 2. The number of carbonyl (C=O) groups excluding carboxylic acids is 2. The lowest BCUT2D eigenvalue weighted by Gasteiger charge is -2.23. The fourth-order valence-corrected chi connectivity index (χ4v) is 2.52. The van der Waals surface area contributed by atoms with E-state index in [1.54, 1.807) is 7.11 Å². The molecule has 0 aliphatic carbocycles. The van der Waals surface area contributed by atoms with Crippen LogP contribution in [0.3, 0.4) is 0 Å². The van der Waals surface area contributed by atoms with Crippen molar-refractivity contribution in [1.29, 1.82) is 0 Å². The zero-order valence-electron chi connectivity index (χ0n) is 12.3. The molecular formula is C15H20N2O3. The number of amides is 2. The number of piperidine rings is 1. The molecule has 0 bridgehead atoms. The Balaban J connectivity index is 2.42. The van der Waals surface area contributed by atoms with Crippen LogP contribution in [0.4, 0.5) is 0 Å². The number of hydrogen-bond acceptors (Lipinski definition) is 4. The molecule has 2 rings (SSSR count). The molecule has 0 radical (unpaired) electrons. The maximum atomic E-state index is 12.0. The Kier molecular flexibility index (Phi) is 4.06. The number of hydrogen-bond donors (Lipinski definition) is 1. The minimum absolute atomic E-state index is 0.213. The third kappa shape index (κ3) is 2.66. The van der Waals surface area contributed by atoms with Gasteiger partial charge in [-0.3, -0.25) is 14.9 Å². The molecule has 0 aromatic carbocycles. The van der Waals surface area contributed by atoms with Crippen molar-refractivity contribution in [2.45, 2.75) is 45.4 Å². The first-order valence-corrected chi connectivity index (χ1v) is 6.83. The highest BCUT2D eigenvalue weighted by Crippen LogP contribution is 2.32. The van der Waals surface area contributed by atoms with Crippen LogP contribution in [0, 0.1) is 6.92 Å². The number of methoxy groups -OCH3 is 1. The van der Waals surface area contributed by atoms with E-state index in [9.17, 15) is 9.59 Å². The first-order valence-electron chi connectivity index (χ1n) is 6.83. The van der Waals surface area contributed by atoms with Gasteiger partial charge >= 0.3 is 0 Å². The second-order valence-electron chi connectivity index (χ2n) is 5.45. The van der Waals surface area contributed by atoms with Crippen LogP contribution in [0.15, 0.2) is 6.07 Å². The summed E-state index contributed by atoms with van der Waals surface area (Å²) in [6.07, 6.45) is 0.856.